The highest BCUT2D eigenvalue weighted by Crippen LogP contribution is 2.31. The molecule has 98 valence electrons. The SMILES string of the molecule is CC/C(=C\c1ccc(-c2cccc(Cl)c2)s1)[N+](=O)[O-]. The maximum absolute atomic E-state index is 10.8. The van der Waals surface area contributed by atoms with E-state index in [-0.39, 0.29) is 10.6 Å². The van der Waals surface area contributed by atoms with Crippen molar-refractivity contribution in [2.45, 2.75) is 13.3 Å². The first-order chi connectivity index (χ1) is 9.10. The van der Waals surface area contributed by atoms with Crippen molar-refractivity contribution in [3.63, 3.8) is 0 Å². The van der Waals surface area contributed by atoms with Crippen LogP contribution in [0, 0.1) is 10.1 Å². The highest BCUT2D eigenvalue weighted by Gasteiger charge is 2.09. The molecule has 0 radical (unpaired) electrons. The second-order valence-electron chi connectivity index (χ2n) is 3.96. The lowest BCUT2D eigenvalue weighted by atomic mass is 10.2. The summed E-state index contributed by atoms with van der Waals surface area (Å²) in [5.41, 5.74) is 1.25. The Balaban J connectivity index is 2.31. The van der Waals surface area contributed by atoms with Crippen LogP contribution in [0.4, 0.5) is 0 Å². The molecular weight excluding hydrogens is 282 g/mol. The van der Waals surface area contributed by atoms with E-state index >= 15 is 0 Å². The summed E-state index contributed by atoms with van der Waals surface area (Å²) in [4.78, 5) is 12.4. The molecule has 1 aromatic heterocycles. The van der Waals surface area contributed by atoms with Gasteiger partial charge in [0.2, 0.25) is 5.70 Å². The predicted molar refractivity (Wildman–Crippen MR) is 80.0 cm³/mol. The number of halogens is 1. The Kier molecular flexibility index (Phi) is 4.35. The molecule has 0 aliphatic heterocycles. The molecule has 0 saturated carbocycles. The van der Waals surface area contributed by atoms with Gasteiger partial charge in [-0.2, -0.15) is 0 Å². The minimum absolute atomic E-state index is 0.222. The second kappa shape index (κ2) is 5.99. The van der Waals surface area contributed by atoms with Crippen LogP contribution < -0.4 is 0 Å². The lowest BCUT2D eigenvalue weighted by Crippen LogP contribution is -1.95. The van der Waals surface area contributed by atoms with Gasteiger partial charge >= 0.3 is 0 Å². The molecule has 0 aliphatic carbocycles. The summed E-state index contributed by atoms with van der Waals surface area (Å²) >= 11 is 7.47. The number of thiophene rings is 1. The third-order valence-corrected chi connectivity index (χ3v) is 3.96. The summed E-state index contributed by atoms with van der Waals surface area (Å²) in [7, 11) is 0. The van der Waals surface area contributed by atoms with Crippen molar-refractivity contribution >= 4 is 29.0 Å². The van der Waals surface area contributed by atoms with Crippen LogP contribution in [0.25, 0.3) is 16.5 Å². The minimum atomic E-state index is -0.335. The van der Waals surface area contributed by atoms with E-state index in [1.165, 1.54) is 11.3 Å². The number of nitrogens with zero attached hydrogens (tertiary/aromatic N) is 1. The van der Waals surface area contributed by atoms with Crippen LogP contribution in [0.15, 0.2) is 42.1 Å². The third-order valence-electron chi connectivity index (χ3n) is 2.64. The lowest BCUT2D eigenvalue weighted by molar-refractivity contribution is -0.425. The van der Waals surface area contributed by atoms with Crippen molar-refractivity contribution in [2.75, 3.05) is 0 Å². The molecule has 5 heteroatoms. The van der Waals surface area contributed by atoms with E-state index in [0.29, 0.717) is 11.4 Å². The summed E-state index contributed by atoms with van der Waals surface area (Å²) < 4.78 is 0. The van der Waals surface area contributed by atoms with Crippen LogP contribution in [0.5, 0.6) is 0 Å². The summed E-state index contributed by atoms with van der Waals surface area (Å²) in [6.07, 6.45) is 2.04. The second-order valence-corrected chi connectivity index (χ2v) is 5.51. The minimum Gasteiger partial charge on any atom is -0.259 e. The van der Waals surface area contributed by atoms with Gasteiger partial charge in [-0.05, 0) is 29.8 Å². The number of allylic oxidation sites excluding steroid dienone is 1. The van der Waals surface area contributed by atoms with Crippen LogP contribution in [-0.4, -0.2) is 4.92 Å². The fourth-order valence-electron chi connectivity index (χ4n) is 1.68. The molecule has 0 bridgehead atoms. The Morgan fingerprint density at radius 3 is 2.84 bits per heavy atom. The summed E-state index contributed by atoms with van der Waals surface area (Å²) in [5, 5.41) is 11.5. The molecule has 2 rings (SSSR count). The molecule has 0 spiro atoms. The molecule has 2 aromatic rings. The molecule has 3 nitrogen and oxygen atoms in total. The van der Waals surface area contributed by atoms with Crippen LogP contribution in [0.1, 0.15) is 18.2 Å². The Bertz CT molecular complexity index is 634. The molecule has 0 unspecified atom stereocenters. The standard InChI is InChI=1S/C14H12ClNO2S/c1-2-12(16(17)18)9-13-6-7-14(19-13)10-4-3-5-11(15)8-10/h3-9H,2H2,1H3/b12-9+. The molecule has 0 aliphatic rings. The molecule has 1 heterocycles. The van der Waals surface area contributed by atoms with Gasteiger partial charge in [0.25, 0.3) is 0 Å². The molecule has 1 aromatic carbocycles. The number of hydrogen-bond acceptors (Lipinski definition) is 3. The average molecular weight is 294 g/mol. The van der Waals surface area contributed by atoms with Crippen molar-refractivity contribution in [3.05, 3.63) is 62.1 Å². The first-order valence-electron chi connectivity index (χ1n) is 5.81. The predicted octanol–water partition coefficient (Wildman–Crippen LogP) is 5.10. The highest BCUT2D eigenvalue weighted by atomic mass is 35.5. The normalized spacial score (nSPS) is 11.6. The van der Waals surface area contributed by atoms with Crippen molar-refractivity contribution in [1.82, 2.24) is 0 Å². The number of hydrogen-bond donors (Lipinski definition) is 0. The van der Waals surface area contributed by atoms with E-state index in [2.05, 4.69) is 0 Å². The zero-order valence-electron chi connectivity index (χ0n) is 10.3. The van der Waals surface area contributed by atoms with Crippen LogP contribution in [0.2, 0.25) is 5.02 Å². The Hall–Kier alpha value is -1.65. The molecule has 0 fully saturated rings. The van der Waals surface area contributed by atoms with E-state index in [4.69, 9.17) is 11.6 Å². The van der Waals surface area contributed by atoms with E-state index in [9.17, 15) is 10.1 Å². The van der Waals surface area contributed by atoms with Crippen LogP contribution in [0.3, 0.4) is 0 Å². The first kappa shape index (κ1) is 13.8. The molecular formula is C14H12ClNO2S. The van der Waals surface area contributed by atoms with E-state index < -0.39 is 0 Å². The lowest BCUT2D eigenvalue weighted by Gasteiger charge is -1.97. The van der Waals surface area contributed by atoms with Crippen LogP contribution >= 0.6 is 22.9 Å². The number of rotatable bonds is 4. The Morgan fingerprint density at radius 2 is 2.21 bits per heavy atom. The van der Waals surface area contributed by atoms with Gasteiger partial charge in [0.05, 0.1) is 4.92 Å². The van der Waals surface area contributed by atoms with Gasteiger partial charge in [-0.1, -0.05) is 30.7 Å². The number of benzene rings is 1. The molecule has 19 heavy (non-hydrogen) atoms. The summed E-state index contributed by atoms with van der Waals surface area (Å²) in [5.74, 6) is 0. The summed E-state index contributed by atoms with van der Waals surface area (Å²) in [6, 6.07) is 11.4. The first-order valence-corrected chi connectivity index (χ1v) is 7.00. The largest absolute Gasteiger partial charge is 0.259 e. The van der Waals surface area contributed by atoms with Crippen molar-refractivity contribution < 1.29 is 4.92 Å². The number of nitro groups is 1. The van der Waals surface area contributed by atoms with E-state index in [1.807, 2.05) is 36.4 Å². The molecule has 0 saturated heterocycles. The average Bonchev–Trinajstić information content (AvgIpc) is 2.84. The van der Waals surface area contributed by atoms with Crippen molar-refractivity contribution in [1.29, 1.82) is 0 Å². The topological polar surface area (TPSA) is 43.1 Å². The Labute approximate surface area is 120 Å². The monoisotopic (exact) mass is 293 g/mol. The fourth-order valence-corrected chi connectivity index (χ4v) is 2.83. The zero-order chi connectivity index (χ0) is 13.8. The van der Waals surface area contributed by atoms with Gasteiger partial charge in [-0.3, -0.25) is 10.1 Å². The van der Waals surface area contributed by atoms with Gasteiger partial charge < -0.3 is 0 Å². The highest BCUT2D eigenvalue weighted by molar-refractivity contribution is 7.16. The van der Waals surface area contributed by atoms with Gasteiger partial charge in [0.1, 0.15) is 0 Å². The summed E-state index contributed by atoms with van der Waals surface area (Å²) in [6.45, 7) is 1.78. The fraction of sp³-hybridized carbons (Fsp3) is 0.143. The maximum atomic E-state index is 10.8. The van der Waals surface area contributed by atoms with Gasteiger partial charge in [0.15, 0.2) is 0 Å². The third kappa shape index (κ3) is 3.43. The van der Waals surface area contributed by atoms with Gasteiger partial charge in [-0.25, -0.2) is 0 Å². The Morgan fingerprint density at radius 1 is 1.42 bits per heavy atom. The maximum Gasteiger partial charge on any atom is 0.247 e. The zero-order valence-corrected chi connectivity index (χ0v) is 11.9. The van der Waals surface area contributed by atoms with Crippen LogP contribution in [-0.2, 0) is 0 Å². The van der Waals surface area contributed by atoms with E-state index in [0.717, 1.165) is 15.3 Å². The smallest absolute Gasteiger partial charge is 0.247 e. The van der Waals surface area contributed by atoms with Crippen molar-refractivity contribution in [2.24, 2.45) is 0 Å². The molecule has 0 atom stereocenters. The molecule has 0 amide bonds. The van der Waals surface area contributed by atoms with Gasteiger partial charge in [-0.15, -0.1) is 11.3 Å². The van der Waals surface area contributed by atoms with Crippen molar-refractivity contribution in [3.8, 4) is 10.4 Å². The van der Waals surface area contributed by atoms with Gasteiger partial charge in [0, 0.05) is 27.3 Å². The van der Waals surface area contributed by atoms with E-state index in [1.54, 1.807) is 13.0 Å². The molecule has 0 N–H and O–H groups in total. The quantitative estimate of drug-likeness (QED) is 0.581.